The van der Waals surface area contributed by atoms with Gasteiger partial charge in [0, 0.05) is 5.56 Å². The van der Waals surface area contributed by atoms with Gasteiger partial charge >= 0.3 is 5.97 Å². The first-order valence-electron chi connectivity index (χ1n) is 6.98. The van der Waals surface area contributed by atoms with Crippen LogP contribution in [0.3, 0.4) is 0 Å². The largest absolute Gasteiger partial charge is 0.507 e. The van der Waals surface area contributed by atoms with Crippen LogP contribution in [0, 0.1) is 0 Å². The molecule has 0 fully saturated rings. The van der Waals surface area contributed by atoms with Gasteiger partial charge in [0.25, 0.3) is 0 Å². The van der Waals surface area contributed by atoms with Gasteiger partial charge < -0.3 is 14.6 Å². The molecule has 0 spiro atoms. The second-order valence-corrected chi connectivity index (χ2v) is 5.22. The zero-order chi connectivity index (χ0) is 16.0. The Morgan fingerprint density at radius 2 is 1.83 bits per heavy atom. The average molecular weight is 305 g/mol. The minimum absolute atomic E-state index is 0.132. The zero-order valence-corrected chi connectivity index (χ0v) is 11.9. The highest BCUT2D eigenvalue weighted by molar-refractivity contribution is 5.98. The fourth-order valence-corrected chi connectivity index (χ4v) is 2.59. The second kappa shape index (κ2) is 4.84. The summed E-state index contributed by atoms with van der Waals surface area (Å²) in [5, 5.41) is 20.3. The van der Waals surface area contributed by atoms with E-state index in [9.17, 15) is 9.90 Å². The summed E-state index contributed by atoms with van der Waals surface area (Å²) in [6.07, 6.45) is 0. The zero-order valence-electron chi connectivity index (χ0n) is 11.9. The molecule has 1 aromatic heterocycles. The first-order valence-corrected chi connectivity index (χ1v) is 6.98. The van der Waals surface area contributed by atoms with Crippen LogP contribution in [0.2, 0.25) is 0 Å². The maximum absolute atomic E-state index is 11.1. The molecule has 1 heterocycles. The lowest BCUT2D eigenvalue weighted by atomic mass is 10.0. The Morgan fingerprint density at radius 3 is 2.61 bits per heavy atom. The van der Waals surface area contributed by atoms with E-state index in [0.29, 0.717) is 16.9 Å². The van der Waals surface area contributed by atoms with E-state index in [1.54, 1.807) is 12.1 Å². The van der Waals surface area contributed by atoms with Crippen LogP contribution in [0.25, 0.3) is 33.3 Å². The molecular formula is C18H11NO4. The lowest BCUT2D eigenvalue weighted by molar-refractivity contribution is 0.0694. The van der Waals surface area contributed by atoms with E-state index in [2.05, 4.69) is 4.98 Å². The number of carboxylic acids is 1. The molecule has 0 aliphatic carbocycles. The van der Waals surface area contributed by atoms with Crippen molar-refractivity contribution in [3.05, 3.63) is 60.2 Å². The minimum Gasteiger partial charge on any atom is -0.507 e. The number of phenols is 1. The number of aromatic nitrogens is 1. The number of fused-ring (bicyclic) bond motifs is 2. The fourth-order valence-electron chi connectivity index (χ4n) is 2.59. The molecule has 0 atom stereocenters. The maximum atomic E-state index is 11.1. The highest BCUT2D eigenvalue weighted by atomic mass is 16.4. The number of oxazole rings is 1. The van der Waals surface area contributed by atoms with Gasteiger partial charge in [-0.05, 0) is 47.2 Å². The molecule has 0 saturated heterocycles. The Morgan fingerprint density at radius 1 is 1.00 bits per heavy atom. The predicted molar refractivity (Wildman–Crippen MR) is 85.6 cm³/mol. The molecule has 0 aliphatic rings. The van der Waals surface area contributed by atoms with Crippen molar-refractivity contribution in [2.75, 3.05) is 0 Å². The highest BCUT2D eigenvalue weighted by Crippen LogP contribution is 2.30. The van der Waals surface area contributed by atoms with Gasteiger partial charge in [-0.25, -0.2) is 9.78 Å². The van der Waals surface area contributed by atoms with Crippen LogP contribution >= 0.6 is 0 Å². The lowest BCUT2D eigenvalue weighted by Gasteiger charge is -2.04. The number of carboxylic acid groups (broad SMARTS) is 1. The third-order valence-corrected chi connectivity index (χ3v) is 3.73. The Labute approximate surface area is 130 Å². The van der Waals surface area contributed by atoms with Crippen LogP contribution in [-0.4, -0.2) is 21.2 Å². The van der Waals surface area contributed by atoms with E-state index in [4.69, 9.17) is 9.52 Å². The van der Waals surface area contributed by atoms with E-state index in [1.807, 2.05) is 30.3 Å². The molecule has 2 N–H and O–H groups in total. The summed E-state index contributed by atoms with van der Waals surface area (Å²) in [5.41, 5.74) is 2.07. The van der Waals surface area contributed by atoms with Crippen LogP contribution < -0.4 is 0 Å². The monoisotopic (exact) mass is 305 g/mol. The first-order chi connectivity index (χ1) is 11.1. The number of benzene rings is 3. The van der Waals surface area contributed by atoms with E-state index >= 15 is 0 Å². The Balaban J connectivity index is 1.90. The minimum atomic E-state index is -1.17. The topological polar surface area (TPSA) is 83.6 Å². The molecule has 0 saturated carbocycles. The Hall–Kier alpha value is -3.34. The molecule has 0 bridgehead atoms. The molecular weight excluding hydrogens is 294 g/mol. The van der Waals surface area contributed by atoms with Crippen molar-refractivity contribution in [3.63, 3.8) is 0 Å². The number of hydrogen-bond donors (Lipinski definition) is 2. The molecule has 112 valence electrons. The van der Waals surface area contributed by atoms with E-state index < -0.39 is 5.97 Å². The SMILES string of the molecule is O=C(O)c1cc2cc(-c3nc4ccccc4o3)ccc2cc1O. The lowest BCUT2D eigenvalue weighted by Crippen LogP contribution is -1.96. The molecule has 3 aromatic carbocycles. The standard InChI is InChI=1S/C18H11NO4/c20-15-9-10-5-6-11(7-12(10)8-13(15)18(21)22)17-19-14-3-1-2-4-16(14)23-17/h1-9,20H,(H,21,22). The molecule has 0 amide bonds. The quantitative estimate of drug-likeness (QED) is 0.583. The summed E-state index contributed by atoms with van der Waals surface area (Å²) >= 11 is 0. The van der Waals surface area contributed by atoms with Crippen molar-refractivity contribution >= 4 is 27.8 Å². The van der Waals surface area contributed by atoms with Gasteiger partial charge in [-0.1, -0.05) is 18.2 Å². The van der Waals surface area contributed by atoms with E-state index in [1.165, 1.54) is 12.1 Å². The van der Waals surface area contributed by atoms with Crippen molar-refractivity contribution in [2.45, 2.75) is 0 Å². The number of aromatic hydroxyl groups is 1. The van der Waals surface area contributed by atoms with Crippen LogP contribution in [0.5, 0.6) is 5.75 Å². The van der Waals surface area contributed by atoms with Gasteiger partial charge in [0.1, 0.15) is 16.8 Å². The molecule has 5 heteroatoms. The fraction of sp³-hybridized carbons (Fsp3) is 0. The Bertz CT molecular complexity index is 1030. The van der Waals surface area contributed by atoms with Crippen LogP contribution in [0.15, 0.2) is 59.0 Å². The normalized spacial score (nSPS) is 11.1. The Kier molecular flexibility index (Phi) is 2.81. The van der Waals surface area contributed by atoms with Gasteiger partial charge in [-0.15, -0.1) is 0 Å². The number of carbonyl (C=O) groups is 1. The van der Waals surface area contributed by atoms with Crippen LogP contribution in [0.1, 0.15) is 10.4 Å². The summed E-state index contributed by atoms with van der Waals surface area (Å²) in [7, 11) is 0. The number of para-hydroxylation sites is 2. The van der Waals surface area contributed by atoms with Gasteiger partial charge in [0.05, 0.1) is 0 Å². The number of hydrogen-bond acceptors (Lipinski definition) is 4. The third kappa shape index (κ3) is 2.19. The van der Waals surface area contributed by atoms with Crippen molar-refractivity contribution in [2.24, 2.45) is 0 Å². The molecule has 0 aliphatic heterocycles. The smallest absolute Gasteiger partial charge is 0.339 e. The number of nitrogens with zero attached hydrogens (tertiary/aromatic N) is 1. The maximum Gasteiger partial charge on any atom is 0.339 e. The summed E-state index contributed by atoms with van der Waals surface area (Å²) in [5.74, 6) is -0.950. The first kappa shape index (κ1) is 13.3. The van der Waals surface area contributed by atoms with Gasteiger partial charge in [0.2, 0.25) is 5.89 Å². The molecule has 4 aromatic rings. The van der Waals surface area contributed by atoms with Gasteiger partial charge in [0.15, 0.2) is 5.58 Å². The van der Waals surface area contributed by atoms with Crippen LogP contribution in [-0.2, 0) is 0 Å². The van der Waals surface area contributed by atoms with Gasteiger partial charge in [-0.2, -0.15) is 0 Å². The number of aromatic carboxylic acids is 1. The van der Waals surface area contributed by atoms with E-state index in [-0.39, 0.29) is 11.3 Å². The molecule has 0 unspecified atom stereocenters. The van der Waals surface area contributed by atoms with Crippen molar-refractivity contribution in [3.8, 4) is 17.2 Å². The van der Waals surface area contributed by atoms with E-state index in [0.717, 1.165) is 16.5 Å². The van der Waals surface area contributed by atoms with Crippen molar-refractivity contribution in [1.82, 2.24) is 4.98 Å². The summed E-state index contributed by atoms with van der Waals surface area (Å²) < 4.78 is 5.73. The summed E-state index contributed by atoms with van der Waals surface area (Å²) in [6, 6.07) is 15.8. The molecule has 4 rings (SSSR count). The second-order valence-electron chi connectivity index (χ2n) is 5.22. The summed E-state index contributed by atoms with van der Waals surface area (Å²) in [4.78, 5) is 15.6. The van der Waals surface area contributed by atoms with Crippen molar-refractivity contribution < 1.29 is 19.4 Å². The van der Waals surface area contributed by atoms with Crippen molar-refractivity contribution in [1.29, 1.82) is 0 Å². The third-order valence-electron chi connectivity index (χ3n) is 3.73. The number of rotatable bonds is 2. The average Bonchev–Trinajstić information content (AvgIpc) is 2.97. The molecule has 5 nitrogen and oxygen atoms in total. The predicted octanol–water partition coefficient (Wildman–Crippen LogP) is 4.05. The molecule has 0 radical (unpaired) electrons. The molecule has 23 heavy (non-hydrogen) atoms. The summed E-state index contributed by atoms with van der Waals surface area (Å²) in [6.45, 7) is 0. The van der Waals surface area contributed by atoms with Gasteiger partial charge in [-0.3, -0.25) is 0 Å². The van der Waals surface area contributed by atoms with Crippen LogP contribution in [0.4, 0.5) is 0 Å². The highest BCUT2D eigenvalue weighted by Gasteiger charge is 2.13.